The third-order valence-electron chi connectivity index (χ3n) is 5.59. The van der Waals surface area contributed by atoms with E-state index in [1.807, 2.05) is 50.2 Å². The normalized spacial score (nSPS) is 16.0. The highest BCUT2D eigenvalue weighted by Crippen LogP contribution is 2.29. The van der Waals surface area contributed by atoms with Crippen molar-refractivity contribution in [3.8, 4) is 5.75 Å². The van der Waals surface area contributed by atoms with Gasteiger partial charge in [-0.2, -0.15) is 0 Å². The van der Waals surface area contributed by atoms with E-state index in [1.165, 1.54) is 5.56 Å². The van der Waals surface area contributed by atoms with Crippen LogP contribution in [0.2, 0.25) is 0 Å². The Balaban J connectivity index is 1.60. The van der Waals surface area contributed by atoms with Crippen LogP contribution in [0.3, 0.4) is 0 Å². The summed E-state index contributed by atoms with van der Waals surface area (Å²) in [5, 5.41) is 3.14. The quantitative estimate of drug-likeness (QED) is 0.757. The second-order valence-electron chi connectivity index (χ2n) is 7.83. The maximum absolute atomic E-state index is 12.9. The van der Waals surface area contributed by atoms with E-state index in [1.54, 1.807) is 0 Å². The third kappa shape index (κ3) is 5.10. The number of benzene rings is 2. The van der Waals surface area contributed by atoms with Gasteiger partial charge >= 0.3 is 0 Å². The molecule has 0 bridgehead atoms. The van der Waals surface area contributed by atoms with Gasteiger partial charge in [-0.05, 0) is 43.5 Å². The SMILES string of the molecule is CCOc1ccccc1N1CCN([C@@H](C)C(=O)Nc2ccccc2C(C)C)CC1. The van der Waals surface area contributed by atoms with E-state index >= 15 is 0 Å². The Hall–Kier alpha value is -2.53. The Morgan fingerprint density at radius 3 is 2.34 bits per heavy atom. The van der Waals surface area contributed by atoms with Crippen molar-refractivity contribution in [2.45, 2.75) is 39.7 Å². The van der Waals surface area contributed by atoms with Gasteiger partial charge in [0, 0.05) is 31.9 Å². The number of hydrogen-bond acceptors (Lipinski definition) is 4. The lowest BCUT2D eigenvalue weighted by atomic mass is 10.0. The van der Waals surface area contributed by atoms with Gasteiger partial charge < -0.3 is 15.0 Å². The van der Waals surface area contributed by atoms with Gasteiger partial charge in [0.05, 0.1) is 18.3 Å². The molecule has 1 aliphatic heterocycles. The van der Waals surface area contributed by atoms with Gasteiger partial charge in [-0.25, -0.2) is 0 Å². The summed E-state index contributed by atoms with van der Waals surface area (Å²) < 4.78 is 5.78. The van der Waals surface area contributed by atoms with Crippen LogP contribution >= 0.6 is 0 Å². The van der Waals surface area contributed by atoms with Gasteiger partial charge in [-0.1, -0.05) is 44.2 Å². The second kappa shape index (κ2) is 9.79. The van der Waals surface area contributed by atoms with Crippen LogP contribution in [-0.2, 0) is 4.79 Å². The molecule has 0 radical (unpaired) electrons. The summed E-state index contributed by atoms with van der Waals surface area (Å²) >= 11 is 0. The van der Waals surface area contributed by atoms with Crippen LogP contribution in [0.1, 0.15) is 39.2 Å². The number of hydrogen-bond donors (Lipinski definition) is 1. The molecule has 29 heavy (non-hydrogen) atoms. The molecule has 5 nitrogen and oxygen atoms in total. The number of carbonyl (C=O) groups is 1. The highest BCUT2D eigenvalue weighted by molar-refractivity contribution is 5.95. The first kappa shape index (κ1) is 21.2. The van der Waals surface area contributed by atoms with Gasteiger partial charge in [0.25, 0.3) is 0 Å². The maximum atomic E-state index is 12.9. The second-order valence-corrected chi connectivity index (χ2v) is 7.83. The Bertz CT molecular complexity index is 813. The average molecular weight is 396 g/mol. The Morgan fingerprint density at radius 1 is 1.00 bits per heavy atom. The highest BCUT2D eigenvalue weighted by atomic mass is 16.5. The third-order valence-corrected chi connectivity index (χ3v) is 5.59. The van der Waals surface area contributed by atoms with Gasteiger partial charge in [-0.15, -0.1) is 0 Å². The van der Waals surface area contributed by atoms with Crippen LogP contribution in [0, 0.1) is 0 Å². The minimum absolute atomic E-state index is 0.0567. The first-order chi connectivity index (χ1) is 14.0. The fraction of sp³-hybridized carbons (Fsp3) is 0.458. The zero-order chi connectivity index (χ0) is 20.8. The molecule has 1 N–H and O–H groups in total. The van der Waals surface area contributed by atoms with E-state index in [-0.39, 0.29) is 11.9 Å². The number of carbonyl (C=O) groups excluding carboxylic acids is 1. The lowest BCUT2D eigenvalue weighted by molar-refractivity contribution is -0.120. The van der Waals surface area contributed by atoms with Crippen LogP contribution in [0.4, 0.5) is 11.4 Å². The number of nitrogens with one attached hydrogen (secondary N) is 1. The molecule has 1 heterocycles. The minimum Gasteiger partial charge on any atom is -0.492 e. The van der Waals surface area contributed by atoms with E-state index in [2.05, 4.69) is 41.1 Å². The van der Waals surface area contributed by atoms with Crippen molar-refractivity contribution in [3.63, 3.8) is 0 Å². The summed E-state index contributed by atoms with van der Waals surface area (Å²) in [5.41, 5.74) is 3.23. The molecular formula is C24H33N3O2. The average Bonchev–Trinajstić information content (AvgIpc) is 2.74. The van der Waals surface area contributed by atoms with E-state index in [9.17, 15) is 4.79 Å². The zero-order valence-corrected chi connectivity index (χ0v) is 18.0. The maximum Gasteiger partial charge on any atom is 0.241 e. The Morgan fingerprint density at radius 2 is 1.66 bits per heavy atom. The number of ether oxygens (including phenoxy) is 1. The van der Waals surface area contributed by atoms with Crippen molar-refractivity contribution in [3.05, 3.63) is 54.1 Å². The number of amides is 1. The molecule has 3 rings (SSSR count). The monoisotopic (exact) mass is 395 g/mol. The van der Waals surface area contributed by atoms with Crippen LogP contribution in [0.5, 0.6) is 5.75 Å². The van der Waals surface area contributed by atoms with Crippen molar-refractivity contribution in [2.75, 3.05) is 43.0 Å². The molecule has 1 fully saturated rings. The summed E-state index contributed by atoms with van der Waals surface area (Å²) in [6, 6.07) is 16.1. The largest absolute Gasteiger partial charge is 0.492 e. The van der Waals surface area contributed by atoms with E-state index < -0.39 is 0 Å². The van der Waals surface area contributed by atoms with Gasteiger partial charge in [-0.3, -0.25) is 9.69 Å². The number of piperazine rings is 1. The number of nitrogens with zero attached hydrogens (tertiary/aromatic N) is 2. The summed E-state index contributed by atoms with van der Waals surface area (Å²) in [6.07, 6.45) is 0. The van der Waals surface area contributed by atoms with Crippen molar-refractivity contribution in [1.29, 1.82) is 0 Å². The van der Waals surface area contributed by atoms with Crippen LogP contribution in [0.15, 0.2) is 48.5 Å². The van der Waals surface area contributed by atoms with Crippen molar-refractivity contribution in [2.24, 2.45) is 0 Å². The fourth-order valence-electron chi connectivity index (χ4n) is 3.86. The van der Waals surface area contributed by atoms with Crippen LogP contribution < -0.4 is 15.0 Å². The molecule has 2 aromatic carbocycles. The zero-order valence-electron chi connectivity index (χ0n) is 18.0. The van der Waals surface area contributed by atoms with Gasteiger partial charge in [0.1, 0.15) is 5.75 Å². The van der Waals surface area contributed by atoms with Crippen molar-refractivity contribution >= 4 is 17.3 Å². The number of para-hydroxylation sites is 3. The highest BCUT2D eigenvalue weighted by Gasteiger charge is 2.27. The summed E-state index contributed by atoms with van der Waals surface area (Å²) in [4.78, 5) is 17.5. The predicted octanol–water partition coefficient (Wildman–Crippen LogP) is 4.36. The molecule has 0 unspecified atom stereocenters. The number of anilines is 2. The van der Waals surface area contributed by atoms with Crippen LogP contribution in [-0.4, -0.2) is 49.6 Å². The molecule has 0 saturated carbocycles. The predicted molar refractivity (Wildman–Crippen MR) is 120 cm³/mol. The molecular weight excluding hydrogens is 362 g/mol. The Labute approximate surface area is 174 Å². The summed E-state index contributed by atoms with van der Waals surface area (Å²) in [6.45, 7) is 12.4. The standard InChI is InChI=1S/C24H33N3O2/c1-5-29-23-13-9-8-12-22(23)27-16-14-26(15-17-27)19(4)24(28)25-21-11-7-6-10-20(21)18(2)3/h6-13,18-19H,5,14-17H2,1-4H3,(H,25,28)/t19-/m0/s1. The molecule has 1 aliphatic rings. The first-order valence-corrected chi connectivity index (χ1v) is 10.6. The van der Waals surface area contributed by atoms with Crippen LogP contribution in [0.25, 0.3) is 0 Å². The van der Waals surface area contributed by atoms with Gasteiger partial charge in [0.15, 0.2) is 0 Å². The summed E-state index contributed by atoms with van der Waals surface area (Å²) in [7, 11) is 0. The molecule has 0 aromatic heterocycles. The number of rotatable bonds is 7. The van der Waals surface area contributed by atoms with Crippen molar-refractivity contribution < 1.29 is 9.53 Å². The molecule has 2 aromatic rings. The molecule has 0 aliphatic carbocycles. The molecule has 1 amide bonds. The molecule has 5 heteroatoms. The minimum atomic E-state index is -0.167. The van der Waals surface area contributed by atoms with Gasteiger partial charge in [0.2, 0.25) is 5.91 Å². The Kier molecular flexibility index (Phi) is 7.15. The molecule has 1 saturated heterocycles. The van der Waals surface area contributed by atoms with Crippen molar-refractivity contribution in [1.82, 2.24) is 4.90 Å². The molecule has 1 atom stereocenters. The van der Waals surface area contributed by atoms with E-state index in [4.69, 9.17) is 4.74 Å². The topological polar surface area (TPSA) is 44.8 Å². The van der Waals surface area contributed by atoms with E-state index in [0.717, 1.165) is 43.3 Å². The summed E-state index contributed by atoms with van der Waals surface area (Å²) in [5.74, 6) is 1.36. The first-order valence-electron chi connectivity index (χ1n) is 10.6. The lowest BCUT2D eigenvalue weighted by Gasteiger charge is -2.39. The lowest BCUT2D eigenvalue weighted by Crippen LogP contribution is -2.53. The molecule has 0 spiro atoms. The smallest absolute Gasteiger partial charge is 0.241 e. The fourth-order valence-corrected chi connectivity index (χ4v) is 3.86. The molecule has 156 valence electrons. The van der Waals surface area contributed by atoms with E-state index in [0.29, 0.717) is 12.5 Å².